The van der Waals surface area contributed by atoms with Crippen molar-refractivity contribution >= 4 is 11.8 Å². The van der Waals surface area contributed by atoms with E-state index in [1.54, 1.807) is 0 Å². The number of aryl methyl sites for hydroxylation is 2. The van der Waals surface area contributed by atoms with Crippen LogP contribution >= 0.6 is 11.8 Å². The van der Waals surface area contributed by atoms with Crippen LogP contribution in [0.4, 0.5) is 0 Å². The van der Waals surface area contributed by atoms with Gasteiger partial charge in [-0.1, -0.05) is 6.92 Å². The molecule has 18 heavy (non-hydrogen) atoms. The molecule has 2 heterocycles. The van der Waals surface area contributed by atoms with Gasteiger partial charge < -0.3 is 5.73 Å². The standard InChI is InChI=1S/C14H25N3S/c1-3-13-10-14(17(2)16-13)9-12(15)8-11-4-6-18-7-5-11/h10-12H,3-9,15H2,1-2H3. The molecule has 1 fully saturated rings. The summed E-state index contributed by atoms with van der Waals surface area (Å²) in [5.41, 5.74) is 8.77. The molecule has 0 radical (unpaired) electrons. The lowest BCUT2D eigenvalue weighted by Crippen LogP contribution is -2.28. The van der Waals surface area contributed by atoms with Gasteiger partial charge in [-0.15, -0.1) is 0 Å². The molecular weight excluding hydrogens is 242 g/mol. The highest BCUT2D eigenvalue weighted by Gasteiger charge is 2.18. The van der Waals surface area contributed by atoms with Crippen molar-refractivity contribution in [1.29, 1.82) is 0 Å². The lowest BCUT2D eigenvalue weighted by molar-refractivity contribution is 0.402. The quantitative estimate of drug-likeness (QED) is 0.891. The summed E-state index contributed by atoms with van der Waals surface area (Å²) < 4.78 is 2.00. The first-order valence-electron chi connectivity index (χ1n) is 7.04. The largest absolute Gasteiger partial charge is 0.327 e. The second-order valence-corrected chi connectivity index (χ2v) is 6.58. The molecule has 1 aromatic heterocycles. The van der Waals surface area contributed by atoms with Crippen molar-refractivity contribution in [2.75, 3.05) is 11.5 Å². The Morgan fingerprint density at radius 2 is 2.22 bits per heavy atom. The van der Waals surface area contributed by atoms with E-state index in [2.05, 4.69) is 29.9 Å². The van der Waals surface area contributed by atoms with E-state index in [1.165, 1.54) is 42.2 Å². The van der Waals surface area contributed by atoms with Gasteiger partial charge in [0, 0.05) is 25.2 Å². The van der Waals surface area contributed by atoms with Crippen molar-refractivity contribution in [1.82, 2.24) is 9.78 Å². The molecule has 1 atom stereocenters. The molecule has 2 N–H and O–H groups in total. The fraction of sp³-hybridized carbons (Fsp3) is 0.786. The van der Waals surface area contributed by atoms with Gasteiger partial charge in [0.25, 0.3) is 0 Å². The van der Waals surface area contributed by atoms with Crippen molar-refractivity contribution in [3.63, 3.8) is 0 Å². The smallest absolute Gasteiger partial charge is 0.0624 e. The van der Waals surface area contributed by atoms with E-state index in [1.807, 2.05) is 11.7 Å². The molecule has 0 bridgehead atoms. The third kappa shape index (κ3) is 3.75. The molecule has 2 rings (SSSR count). The first-order valence-corrected chi connectivity index (χ1v) is 8.19. The number of aromatic nitrogens is 2. The predicted octanol–water partition coefficient (Wildman–Crippen LogP) is 2.39. The number of hydrogen-bond acceptors (Lipinski definition) is 3. The second-order valence-electron chi connectivity index (χ2n) is 5.36. The Hall–Kier alpha value is -0.480. The van der Waals surface area contributed by atoms with Crippen molar-refractivity contribution in [3.05, 3.63) is 17.5 Å². The van der Waals surface area contributed by atoms with E-state index in [9.17, 15) is 0 Å². The third-order valence-electron chi connectivity index (χ3n) is 3.84. The first kappa shape index (κ1) is 13.9. The van der Waals surface area contributed by atoms with E-state index >= 15 is 0 Å². The Balaban J connectivity index is 1.85. The normalized spacial score (nSPS) is 19.1. The van der Waals surface area contributed by atoms with Crippen LogP contribution in [0.2, 0.25) is 0 Å². The monoisotopic (exact) mass is 267 g/mol. The topological polar surface area (TPSA) is 43.8 Å². The number of nitrogens with zero attached hydrogens (tertiary/aromatic N) is 2. The fourth-order valence-corrected chi connectivity index (χ4v) is 3.90. The van der Waals surface area contributed by atoms with Crippen LogP contribution in [0.15, 0.2) is 6.07 Å². The maximum absolute atomic E-state index is 6.31. The molecule has 102 valence electrons. The molecule has 1 saturated heterocycles. The lowest BCUT2D eigenvalue weighted by atomic mass is 9.92. The van der Waals surface area contributed by atoms with Crippen molar-refractivity contribution < 1.29 is 0 Å². The first-order chi connectivity index (χ1) is 8.69. The zero-order valence-electron chi connectivity index (χ0n) is 11.6. The molecule has 4 heteroatoms. The lowest BCUT2D eigenvalue weighted by Gasteiger charge is -2.24. The van der Waals surface area contributed by atoms with Crippen LogP contribution in [0.3, 0.4) is 0 Å². The average molecular weight is 267 g/mol. The summed E-state index contributed by atoms with van der Waals surface area (Å²) in [5.74, 6) is 3.49. The van der Waals surface area contributed by atoms with Crippen LogP contribution in [-0.4, -0.2) is 27.3 Å². The molecule has 1 aromatic rings. The minimum Gasteiger partial charge on any atom is -0.327 e. The molecule has 0 spiro atoms. The highest BCUT2D eigenvalue weighted by molar-refractivity contribution is 7.99. The number of rotatable bonds is 5. The summed E-state index contributed by atoms with van der Waals surface area (Å²) in [7, 11) is 2.03. The summed E-state index contributed by atoms with van der Waals surface area (Å²) in [6, 6.07) is 2.49. The molecule has 3 nitrogen and oxygen atoms in total. The number of hydrogen-bond donors (Lipinski definition) is 1. The minimum absolute atomic E-state index is 0.290. The molecule has 1 aliphatic rings. The highest BCUT2D eigenvalue weighted by Crippen LogP contribution is 2.26. The third-order valence-corrected chi connectivity index (χ3v) is 4.89. The molecule has 0 aliphatic carbocycles. The Labute approximate surface area is 115 Å². The van der Waals surface area contributed by atoms with Gasteiger partial charge in [0.1, 0.15) is 0 Å². The summed E-state index contributed by atoms with van der Waals surface area (Å²) in [5, 5.41) is 4.49. The number of nitrogens with two attached hydrogens (primary N) is 1. The van der Waals surface area contributed by atoms with Crippen LogP contribution in [0.25, 0.3) is 0 Å². The van der Waals surface area contributed by atoms with Crippen molar-refractivity contribution in [2.45, 2.75) is 45.1 Å². The van der Waals surface area contributed by atoms with Crippen LogP contribution < -0.4 is 5.73 Å². The van der Waals surface area contributed by atoms with Crippen molar-refractivity contribution in [2.24, 2.45) is 18.7 Å². The van der Waals surface area contributed by atoms with Gasteiger partial charge in [-0.3, -0.25) is 4.68 Å². The molecular formula is C14H25N3S. The minimum atomic E-state index is 0.290. The van der Waals surface area contributed by atoms with Gasteiger partial charge in [0.15, 0.2) is 0 Å². The second kappa shape index (κ2) is 6.62. The van der Waals surface area contributed by atoms with E-state index in [-0.39, 0.29) is 0 Å². The van der Waals surface area contributed by atoms with Gasteiger partial charge in [-0.05, 0) is 49.2 Å². The Bertz CT molecular complexity index is 369. The zero-order valence-corrected chi connectivity index (χ0v) is 12.4. The predicted molar refractivity (Wildman–Crippen MR) is 78.9 cm³/mol. The molecule has 1 unspecified atom stereocenters. The molecule has 0 aromatic carbocycles. The summed E-state index contributed by atoms with van der Waals surface area (Å²) in [4.78, 5) is 0. The van der Waals surface area contributed by atoms with E-state index in [0.717, 1.165) is 18.8 Å². The molecule has 0 amide bonds. The Kier molecular flexibility index (Phi) is 5.13. The van der Waals surface area contributed by atoms with E-state index < -0.39 is 0 Å². The number of thioether (sulfide) groups is 1. The summed E-state index contributed by atoms with van der Waals surface area (Å²) >= 11 is 2.08. The van der Waals surface area contributed by atoms with Crippen LogP contribution in [0.1, 0.15) is 37.6 Å². The van der Waals surface area contributed by atoms with Crippen LogP contribution in [0.5, 0.6) is 0 Å². The maximum Gasteiger partial charge on any atom is 0.0624 e. The highest BCUT2D eigenvalue weighted by atomic mass is 32.2. The van der Waals surface area contributed by atoms with Gasteiger partial charge in [0.2, 0.25) is 0 Å². The van der Waals surface area contributed by atoms with Gasteiger partial charge in [-0.25, -0.2) is 0 Å². The summed E-state index contributed by atoms with van der Waals surface area (Å²) in [6.45, 7) is 2.14. The average Bonchev–Trinajstić information content (AvgIpc) is 2.71. The van der Waals surface area contributed by atoms with Gasteiger partial charge in [0.05, 0.1) is 5.69 Å². The van der Waals surface area contributed by atoms with Crippen LogP contribution in [0, 0.1) is 5.92 Å². The maximum atomic E-state index is 6.31. The van der Waals surface area contributed by atoms with Crippen LogP contribution in [-0.2, 0) is 19.9 Å². The van der Waals surface area contributed by atoms with E-state index in [4.69, 9.17) is 5.73 Å². The van der Waals surface area contributed by atoms with E-state index in [0.29, 0.717) is 6.04 Å². The zero-order chi connectivity index (χ0) is 13.0. The summed E-state index contributed by atoms with van der Waals surface area (Å²) in [6.07, 6.45) is 5.84. The van der Waals surface area contributed by atoms with Gasteiger partial charge in [-0.2, -0.15) is 16.9 Å². The SMILES string of the molecule is CCc1cc(CC(N)CC2CCSCC2)n(C)n1. The Morgan fingerprint density at radius 1 is 1.50 bits per heavy atom. The van der Waals surface area contributed by atoms with Crippen molar-refractivity contribution in [3.8, 4) is 0 Å². The molecule has 0 saturated carbocycles. The fourth-order valence-electron chi connectivity index (χ4n) is 2.70. The molecule has 1 aliphatic heterocycles. The van der Waals surface area contributed by atoms with Gasteiger partial charge >= 0.3 is 0 Å². The Morgan fingerprint density at radius 3 is 2.83 bits per heavy atom.